The van der Waals surface area contributed by atoms with Crippen molar-refractivity contribution in [3.8, 4) is 11.3 Å². The first-order chi connectivity index (χ1) is 12.9. The molecule has 2 aromatic carbocycles. The number of carbonyl (C=O) groups is 1. The molecule has 3 aromatic rings. The van der Waals surface area contributed by atoms with Crippen LogP contribution >= 0.6 is 11.6 Å². The van der Waals surface area contributed by atoms with Gasteiger partial charge in [-0.1, -0.05) is 11.6 Å². The van der Waals surface area contributed by atoms with E-state index < -0.39 is 10.8 Å². The van der Waals surface area contributed by atoms with E-state index in [4.69, 9.17) is 21.1 Å². The second-order valence-corrected chi connectivity index (χ2v) is 6.24. The van der Waals surface area contributed by atoms with Crippen LogP contribution in [0.3, 0.4) is 0 Å². The molecule has 1 aromatic heterocycles. The number of amides is 1. The van der Waals surface area contributed by atoms with E-state index in [1.165, 1.54) is 12.1 Å². The molecule has 0 unspecified atom stereocenters. The number of carbonyl (C=O) groups excluding carboxylic acids is 1. The van der Waals surface area contributed by atoms with E-state index >= 15 is 0 Å². The smallest absolute Gasteiger partial charge is 0.288 e. The van der Waals surface area contributed by atoms with Crippen LogP contribution in [0.4, 0.5) is 11.4 Å². The number of aliphatic hydroxyl groups excluding tert-OH is 1. The van der Waals surface area contributed by atoms with E-state index in [1.54, 1.807) is 30.3 Å². The highest BCUT2D eigenvalue weighted by molar-refractivity contribution is 6.32. The number of aryl methyl sites for hydroxylation is 1. The van der Waals surface area contributed by atoms with Gasteiger partial charge in [-0.25, -0.2) is 0 Å². The summed E-state index contributed by atoms with van der Waals surface area (Å²) in [6.07, 6.45) is 0. The van der Waals surface area contributed by atoms with Crippen molar-refractivity contribution in [2.75, 3.05) is 5.32 Å². The number of nitro benzene ring substituents is 1. The molecule has 0 atom stereocenters. The van der Waals surface area contributed by atoms with Gasteiger partial charge in [-0.3, -0.25) is 14.9 Å². The summed E-state index contributed by atoms with van der Waals surface area (Å²) in [6, 6.07) is 12.6. The molecule has 0 radical (unpaired) electrons. The average Bonchev–Trinajstić information content (AvgIpc) is 3.10. The first-order valence-corrected chi connectivity index (χ1v) is 8.32. The summed E-state index contributed by atoms with van der Waals surface area (Å²) in [5, 5.41) is 22.7. The van der Waals surface area contributed by atoms with Gasteiger partial charge in [-0.05, 0) is 55.0 Å². The summed E-state index contributed by atoms with van der Waals surface area (Å²) in [5.74, 6) is 0.594. The summed E-state index contributed by atoms with van der Waals surface area (Å²) in [4.78, 5) is 22.7. The van der Waals surface area contributed by atoms with Gasteiger partial charge < -0.3 is 14.8 Å². The topological polar surface area (TPSA) is 106 Å². The highest BCUT2D eigenvalue weighted by Gasteiger charge is 2.17. The van der Waals surface area contributed by atoms with Crippen LogP contribution in [-0.4, -0.2) is 15.9 Å². The monoisotopic (exact) mass is 386 g/mol. The second-order valence-electron chi connectivity index (χ2n) is 5.83. The number of nitrogens with zero attached hydrogens (tertiary/aromatic N) is 1. The Hall–Kier alpha value is -3.16. The third kappa shape index (κ3) is 3.99. The van der Waals surface area contributed by atoms with E-state index in [1.807, 2.05) is 6.92 Å². The zero-order valence-electron chi connectivity index (χ0n) is 14.2. The van der Waals surface area contributed by atoms with Crippen molar-refractivity contribution in [2.45, 2.75) is 13.5 Å². The predicted molar refractivity (Wildman–Crippen MR) is 101 cm³/mol. The molecular formula is C19H15ClN2O5. The maximum Gasteiger partial charge on any atom is 0.288 e. The van der Waals surface area contributed by atoms with Crippen molar-refractivity contribution in [3.05, 3.63) is 80.6 Å². The van der Waals surface area contributed by atoms with E-state index in [2.05, 4.69) is 5.32 Å². The summed E-state index contributed by atoms with van der Waals surface area (Å²) in [5.41, 5.74) is 2.02. The molecule has 0 fully saturated rings. The Morgan fingerprint density at radius 3 is 2.63 bits per heavy atom. The molecule has 0 aliphatic heterocycles. The van der Waals surface area contributed by atoms with Crippen molar-refractivity contribution in [1.29, 1.82) is 0 Å². The Balaban J connectivity index is 1.82. The van der Waals surface area contributed by atoms with Gasteiger partial charge >= 0.3 is 0 Å². The highest BCUT2D eigenvalue weighted by Crippen LogP contribution is 2.29. The van der Waals surface area contributed by atoms with Crippen LogP contribution in [0.15, 0.2) is 52.9 Å². The fourth-order valence-corrected chi connectivity index (χ4v) is 2.81. The van der Waals surface area contributed by atoms with Gasteiger partial charge in [0.2, 0.25) is 0 Å². The van der Waals surface area contributed by atoms with Gasteiger partial charge in [0.05, 0.1) is 4.92 Å². The summed E-state index contributed by atoms with van der Waals surface area (Å²) in [6.45, 7) is 1.68. The normalized spacial score (nSPS) is 10.6. The Kier molecular flexibility index (Phi) is 5.25. The van der Waals surface area contributed by atoms with Crippen LogP contribution in [0.2, 0.25) is 5.02 Å². The quantitative estimate of drug-likeness (QED) is 0.493. The minimum absolute atomic E-state index is 0.0301. The molecule has 0 aliphatic rings. The molecule has 2 N–H and O–H groups in total. The standard InChI is InChI=1S/C19H15ClN2O5/c1-11-8-13(3-5-15(11)18-7-4-14(10-23)27-18)21-19(24)12-2-6-16(20)17(9-12)22(25)26/h2-9,23H,10H2,1H3,(H,21,24). The minimum Gasteiger partial charge on any atom is -0.459 e. The Morgan fingerprint density at radius 1 is 1.22 bits per heavy atom. The van der Waals surface area contributed by atoms with Crippen LogP contribution in [0.5, 0.6) is 0 Å². The third-order valence-corrected chi connectivity index (χ3v) is 4.29. The number of nitrogens with one attached hydrogen (secondary N) is 1. The third-order valence-electron chi connectivity index (χ3n) is 3.97. The number of benzene rings is 2. The number of aliphatic hydroxyl groups is 1. The SMILES string of the molecule is Cc1cc(NC(=O)c2ccc(Cl)c([N+](=O)[O-])c2)ccc1-c1ccc(CO)o1. The maximum absolute atomic E-state index is 12.4. The lowest BCUT2D eigenvalue weighted by molar-refractivity contribution is -0.384. The molecule has 8 heteroatoms. The van der Waals surface area contributed by atoms with E-state index in [9.17, 15) is 14.9 Å². The number of rotatable bonds is 5. The first-order valence-electron chi connectivity index (χ1n) is 7.95. The van der Waals surface area contributed by atoms with Crippen LogP contribution in [0, 0.1) is 17.0 Å². The zero-order valence-corrected chi connectivity index (χ0v) is 15.0. The molecule has 3 rings (SSSR count). The minimum atomic E-state index is -0.637. The maximum atomic E-state index is 12.4. The lowest BCUT2D eigenvalue weighted by atomic mass is 10.1. The van der Waals surface area contributed by atoms with Gasteiger partial charge in [0, 0.05) is 22.9 Å². The molecule has 7 nitrogen and oxygen atoms in total. The molecule has 138 valence electrons. The number of hydrogen-bond donors (Lipinski definition) is 2. The van der Waals surface area contributed by atoms with Crippen molar-refractivity contribution in [3.63, 3.8) is 0 Å². The largest absolute Gasteiger partial charge is 0.459 e. The Bertz CT molecular complexity index is 1030. The average molecular weight is 387 g/mol. The van der Waals surface area contributed by atoms with Crippen molar-refractivity contribution >= 4 is 28.9 Å². The van der Waals surface area contributed by atoms with Crippen LogP contribution in [-0.2, 0) is 6.61 Å². The predicted octanol–water partition coefficient (Wildman–Crippen LogP) is 4.56. The summed E-state index contributed by atoms with van der Waals surface area (Å²) < 4.78 is 5.52. The van der Waals surface area contributed by atoms with Crippen LogP contribution in [0.25, 0.3) is 11.3 Å². The number of furan rings is 1. The van der Waals surface area contributed by atoms with Gasteiger partial charge in [-0.2, -0.15) is 0 Å². The Morgan fingerprint density at radius 2 is 2.00 bits per heavy atom. The molecule has 0 bridgehead atoms. The fourth-order valence-electron chi connectivity index (χ4n) is 2.62. The second kappa shape index (κ2) is 7.61. The number of halogens is 1. The highest BCUT2D eigenvalue weighted by atomic mass is 35.5. The van der Waals surface area contributed by atoms with Gasteiger partial charge in [-0.15, -0.1) is 0 Å². The van der Waals surface area contributed by atoms with E-state index in [0.29, 0.717) is 17.2 Å². The number of anilines is 1. The zero-order chi connectivity index (χ0) is 19.6. The number of nitro groups is 1. The molecular weight excluding hydrogens is 372 g/mol. The lowest BCUT2D eigenvalue weighted by Crippen LogP contribution is -2.12. The van der Waals surface area contributed by atoms with Gasteiger partial charge in [0.15, 0.2) is 0 Å². The Labute approximate surface area is 159 Å². The number of hydrogen-bond acceptors (Lipinski definition) is 5. The fraction of sp³-hybridized carbons (Fsp3) is 0.105. The molecule has 1 amide bonds. The first kappa shape index (κ1) is 18.6. The van der Waals surface area contributed by atoms with E-state index in [-0.39, 0.29) is 22.9 Å². The van der Waals surface area contributed by atoms with Crippen molar-refractivity contribution in [2.24, 2.45) is 0 Å². The molecule has 0 aliphatic carbocycles. The van der Waals surface area contributed by atoms with Crippen molar-refractivity contribution < 1.29 is 19.2 Å². The van der Waals surface area contributed by atoms with Gasteiger partial charge in [0.1, 0.15) is 23.2 Å². The van der Waals surface area contributed by atoms with Crippen LogP contribution in [0.1, 0.15) is 21.7 Å². The summed E-state index contributed by atoms with van der Waals surface area (Å²) >= 11 is 5.77. The van der Waals surface area contributed by atoms with Crippen LogP contribution < -0.4 is 5.32 Å². The molecule has 0 spiro atoms. The van der Waals surface area contributed by atoms with E-state index in [0.717, 1.165) is 17.2 Å². The molecule has 0 saturated heterocycles. The lowest BCUT2D eigenvalue weighted by Gasteiger charge is -2.09. The molecule has 0 saturated carbocycles. The molecule has 1 heterocycles. The summed E-state index contributed by atoms with van der Waals surface area (Å²) in [7, 11) is 0. The molecule has 27 heavy (non-hydrogen) atoms. The van der Waals surface area contributed by atoms with Gasteiger partial charge in [0.25, 0.3) is 11.6 Å². The van der Waals surface area contributed by atoms with Crippen molar-refractivity contribution in [1.82, 2.24) is 0 Å².